The maximum atomic E-state index is 11.8. The Bertz CT molecular complexity index is 659. The molecule has 0 atom stereocenters. The average molecular weight is 285 g/mol. The highest BCUT2D eigenvalue weighted by Gasteiger charge is 2.20. The quantitative estimate of drug-likeness (QED) is 0.904. The van der Waals surface area contributed by atoms with Gasteiger partial charge in [-0.05, 0) is 5.56 Å². The molecule has 3 rings (SSSR count). The second kappa shape index (κ2) is 5.80. The molecule has 0 unspecified atom stereocenters. The number of pyridine rings is 1. The van der Waals surface area contributed by atoms with Crippen molar-refractivity contribution in [3.63, 3.8) is 0 Å². The standard InChI is InChI=1S/C15H15N3O3/c16-13-6-17-14(12-9-20-8-11(12)13)18-15(19)21-7-10-4-2-1-3-5-10/h1-6H,7-9,16H2,(H,17,18,19). The molecule has 1 aromatic carbocycles. The number of nitrogens with zero attached hydrogens (tertiary/aromatic N) is 1. The predicted octanol–water partition coefficient (Wildman–Crippen LogP) is 2.44. The van der Waals surface area contributed by atoms with E-state index in [-0.39, 0.29) is 6.61 Å². The van der Waals surface area contributed by atoms with Gasteiger partial charge in [0.1, 0.15) is 12.4 Å². The van der Waals surface area contributed by atoms with Gasteiger partial charge in [-0.25, -0.2) is 9.78 Å². The van der Waals surface area contributed by atoms with Crippen LogP contribution >= 0.6 is 0 Å². The smallest absolute Gasteiger partial charge is 0.413 e. The number of hydrogen-bond acceptors (Lipinski definition) is 5. The van der Waals surface area contributed by atoms with Crippen LogP contribution in [0.4, 0.5) is 16.3 Å². The fraction of sp³-hybridized carbons (Fsp3) is 0.200. The van der Waals surface area contributed by atoms with Crippen LogP contribution in [0.25, 0.3) is 0 Å². The molecule has 0 saturated carbocycles. The molecule has 2 aromatic rings. The third-order valence-electron chi connectivity index (χ3n) is 3.26. The minimum atomic E-state index is -0.551. The van der Waals surface area contributed by atoms with E-state index in [9.17, 15) is 4.79 Å². The summed E-state index contributed by atoms with van der Waals surface area (Å²) in [6.45, 7) is 1.04. The Balaban J connectivity index is 1.65. The molecule has 6 heteroatoms. The summed E-state index contributed by atoms with van der Waals surface area (Å²) in [6.07, 6.45) is 0.963. The van der Waals surface area contributed by atoms with E-state index < -0.39 is 6.09 Å². The van der Waals surface area contributed by atoms with Crippen LogP contribution in [-0.4, -0.2) is 11.1 Å². The highest BCUT2D eigenvalue weighted by molar-refractivity contribution is 5.85. The molecule has 0 bridgehead atoms. The van der Waals surface area contributed by atoms with E-state index >= 15 is 0 Å². The highest BCUT2D eigenvalue weighted by Crippen LogP contribution is 2.29. The van der Waals surface area contributed by atoms with Gasteiger partial charge in [0.25, 0.3) is 0 Å². The Labute approximate surface area is 121 Å². The van der Waals surface area contributed by atoms with Crippen molar-refractivity contribution in [2.75, 3.05) is 11.1 Å². The van der Waals surface area contributed by atoms with Crippen LogP contribution in [0, 0.1) is 0 Å². The third kappa shape index (κ3) is 2.95. The van der Waals surface area contributed by atoms with Crippen molar-refractivity contribution in [3.05, 3.63) is 53.2 Å². The first-order valence-electron chi connectivity index (χ1n) is 6.55. The first-order valence-corrected chi connectivity index (χ1v) is 6.55. The molecule has 1 aliphatic rings. The molecule has 108 valence electrons. The Hall–Kier alpha value is -2.60. The molecule has 0 radical (unpaired) electrons. The zero-order valence-corrected chi connectivity index (χ0v) is 11.3. The fourth-order valence-electron chi connectivity index (χ4n) is 2.15. The lowest BCUT2D eigenvalue weighted by atomic mass is 10.1. The number of nitrogens with one attached hydrogen (secondary N) is 1. The van der Waals surface area contributed by atoms with Gasteiger partial charge in [-0.15, -0.1) is 0 Å². The van der Waals surface area contributed by atoms with Crippen LogP contribution in [-0.2, 0) is 29.3 Å². The molecule has 0 aliphatic carbocycles. The number of nitrogens with two attached hydrogens (primary N) is 1. The lowest BCUT2D eigenvalue weighted by Gasteiger charge is -2.10. The molecule has 1 aromatic heterocycles. The number of hydrogen-bond donors (Lipinski definition) is 2. The minimum absolute atomic E-state index is 0.209. The molecule has 0 spiro atoms. The van der Waals surface area contributed by atoms with E-state index in [1.54, 1.807) is 0 Å². The summed E-state index contributed by atoms with van der Waals surface area (Å²) in [5.74, 6) is 0.440. The van der Waals surface area contributed by atoms with Gasteiger partial charge in [-0.1, -0.05) is 30.3 Å². The minimum Gasteiger partial charge on any atom is -0.444 e. The normalized spacial score (nSPS) is 12.8. The molecule has 0 saturated heterocycles. The van der Waals surface area contributed by atoms with E-state index in [0.717, 1.165) is 16.7 Å². The van der Waals surface area contributed by atoms with Crippen molar-refractivity contribution >= 4 is 17.6 Å². The van der Waals surface area contributed by atoms with Gasteiger partial charge in [0.05, 0.1) is 25.1 Å². The van der Waals surface area contributed by atoms with Gasteiger partial charge >= 0.3 is 6.09 Å². The Morgan fingerprint density at radius 1 is 1.29 bits per heavy atom. The van der Waals surface area contributed by atoms with Crippen LogP contribution in [0.15, 0.2) is 36.5 Å². The van der Waals surface area contributed by atoms with Gasteiger partial charge in [-0.3, -0.25) is 5.32 Å². The first-order chi connectivity index (χ1) is 10.2. The molecule has 2 heterocycles. The number of carbonyl (C=O) groups excluding carboxylic acids is 1. The monoisotopic (exact) mass is 285 g/mol. The van der Waals surface area contributed by atoms with Crippen LogP contribution in [0.1, 0.15) is 16.7 Å². The zero-order chi connectivity index (χ0) is 14.7. The summed E-state index contributed by atoms with van der Waals surface area (Å²) in [5.41, 5.74) is 9.01. The number of aromatic nitrogens is 1. The molecule has 0 fully saturated rings. The van der Waals surface area contributed by atoms with Crippen LogP contribution in [0.2, 0.25) is 0 Å². The lowest BCUT2D eigenvalue weighted by molar-refractivity contribution is 0.134. The summed E-state index contributed by atoms with van der Waals surface area (Å²) in [5, 5.41) is 2.63. The van der Waals surface area contributed by atoms with E-state index in [0.29, 0.717) is 24.7 Å². The van der Waals surface area contributed by atoms with E-state index in [1.807, 2.05) is 30.3 Å². The van der Waals surface area contributed by atoms with Crippen molar-refractivity contribution in [2.45, 2.75) is 19.8 Å². The van der Waals surface area contributed by atoms with Gasteiger partial charge in [0, 0.05) is 11.1 Å². The number of fused-ring (bicyclic) bond motifs is 1. The van der Waals surface area contributed by atoms with Gasteiger partial charge in [0.2, 0.25) is 0 Å². The Kier molecular flexibility index (Phi) is 3.70. The van der Waals surface area contributed by atoms with Gasteiger partial charge in [-0.2, -0.15) is 0 Å². The first kappa shape index (κ1) is 13.4. The molecular weight excluding hydrogens is 270 g/mol. The van der Waals surface area contributed by atoms with Crippen LogP contribution in [0.5, 0.6) is 0 Å². The Morgan fingerprint density at radius 2 is 2.05 bits per heavy atom. The number of benzene rings is 1. The van der Waals surface area contributed by atoms with Crippen molar-refractivity contribution in [1.82, 2.24) is 4.98 Å². The number of nitrogen functional groups attached to an aromatic ring is 1. The third-order valence-corrected chi connectivity index (χ3v) is 3.26. The van der Waals surface area contributed by atoms with Gasteiger partial charge in [0.15, 0.2) is 0 Å². The van der Waals surface area contributed by atoms with Crippen LogP contribution < -0.4 is 11.1 Å². The molecule has 3 N–H and O–H groups in total. The number of anilines is 2. The number of ether oxygens (including phenoxy) is 2. The van der Waals surface area contributed by atoms with Gasteiger partial charge < -0.3 is 15.2 Å². The lowest BCUT2D eigenvalue weighted by Crippen LogP contribution is -2.16. The highest BCUT2D eigenvalue weighted by atomic mass is 16.5. The topological polar surface area (TPSA) is 86.5 Å². The van der Waals surface area contributed by atoms with Crippen molar-refractivity contribution in [1.29, 1.82) is 0 Å². The largest absolute Gasteiger partial charge is 0.444 e. The van der Waals surface area contributed by atoms with Crippen LogP contribution in [0.3, 0.4) is 0 Å². The average Bonchev–Trinajstić information content (AvgIpc) is 3.00. The predicted molar refractivity (Wildman–Crippen MR) is 77.4 cm³/mol. The second-order valence-electron chi connectivity index (χ2n) is 4.70. The molecular formula is C15H15N3O3. The van der Waals surface area contributed by atoms with E-state index in [4.69, 9.17) is 15.2 Å². The van der Waals surface area contributed by atoms with Crippen molar-refractivity contribution < 1.29 is 14.3 Å². The Morgan fingerprint density at radius 3 is 2.86 bits per heavy atom. The number of rotatable bonds is 3. The van der Waals surface area contributed by atoms with E-state index in [1.165, 1.54) is 6.20 Å². The molecule has 6 nitrogen and oxygen atoms in total. The maximum absolute atomic E-state index is 11.8. The second-order valence-corrected chi connectivity index (χ2v) is 4.70. The summed E-state index contributed by atoms with van der Waals surface area (Å²) < 4.78 is 10.5. The van der Waals surface area contributed by atoms with Crippen molar-refractivity contribution in [2.24, 2.45) is 0 Å². The molecule has 1 amide bonds. The molecule has 1 aliphatic heterocycles. The van der Waals surface area contributed by atoms with E-state index in [2.05, 4.69) is 10.3 Å². The SMILES string of the molecule is Nc1cnc(NC(=O)OCc2ccccc2)c2c1COC2. The summed E-state index contributed by atoms with van der Waals surface area (Å²) in [7, 11) is 0. The number of amides is 1. The summed E-state index contributed by atoms with van der Waals surface area (Å²) in [6, 6.07) is 9.47. The maximum Gasteiger partial charge on any atom is 0.413 e. The fourth-order valence-corrected chi connectivity index (χ4v) is 2.15. The molecule has 21 heavy (non-hydrogen) atoms. The summed E-state index contributed by atoms with van der Waals surface area (Å²) >= 11 is 0. The summed E-state index contributed by atoms with van der Waals surface area (Å²) in [4.78, 5) is 16.0. The zero-order valence-electron chi connectivity index (χ0n) is 11.3. The van der Waals surface area contributed by atoms with Crippen molar-refractivity contribution in [3.8, 4) is 0 Å². The number of carbonyl (C=O) groups is 1.